The number of thioether (sulfide) groups is 1. The summed E-state index contributed by atoms with van der Waals surface area (Å²) in [7, 11) is 0. The van der Waals surface area contributed by atoms with Crippen LogP contribution in [0.5, 0.6) is 0 Å². The van der Waals surface area contributed by atoms with E-state index in [-0.39, 0.29) is 10.9 Å². The van der Waals surface area contributed by atoms with E-state index in [4.69, 9.17) is 0 Å². The van der Waals surface area contributed by atoms with Crippen molar-refractivity contribution in [2.75, 3.05) is 11.1 Å². The van der Waals surface area contributed by atoms with Crippen LogP contribution >= 0.6 is 11.8 Å². The quantitative estimate of drug-likeness (QED) is 0.231. The van der Waals surface area contributed by atoms with Gasteiger partial charge in [0.25, 0.3) is 0 Å². The second-order valence-corrected chi connectivity index (χ2v) is 7.63. The molecule has 168 valence electrons. The maximum Gasteiger partial charge on any atom is 0.234 e. The van der Waals surface area contributed by atoms with E-state index in [0.717, 1.165) is 17.8 Å². The number of halogens is 5. The maximum atomic E-state index is 13.8. The topological polar surface area (TPSA) is 59.8 Å². The number of carbonyl (C=O) groups excluding carboxylic acids is 1. The lowest BCUT2D eigenvalue weighted by Crippen LogP contribution is -2.16. The highest BCUT2D eigenvalue weighted by Crippen LogP contribution is 2.28. The van der Waals surface area contributed by atoms with E-state index in [1.54, 1.807) is 4.57 Å². The van der Waals surface area contributed by atoms with Gasteiger partial charge in [0.2, 0.25) is 5.91 Å². The summed E-state index contributed by atoms with van der Waals surface area (Å²) in [5, 5.41) is 10.6. The molecule has 5 nitrogen and oxygen atoms in total. The molecule has 0 aliphatic rings. The third-order valence-corrected chi connectivity index (χ3v) is 5.39. The van der Waals surface area contributed by atoms with Gasteiger partial charge in [0, 0.05) is 11.3 Å². The normalized spacial score (nSPS) is 10.9. The van der Waals surface area contributed by atoms with Crippen molar-refractivity contribution in [2.45, 2.75) is 5.16 Å². The molecule has 0 atom stereocenters. The number of benzene rings is 3. The molecule has 1 amide bonds. The van der Waals surface area contributed by atoms with E-state index in [1.165, 1.54) is 48.5 Å². The second-order valence-electron chi connectivity index (χ2n) is 6.68. The fourth-order valence-electron chi connectivity index (χ4n) is 2.91. The van der Waals surface area contributed by atoms with Crippen LogP contribution < -0.4 is 5.32 Å². The van der Waals surface area contributed by atoms with Gasteiger partial charge < -0.3 is 5.32 Å². The Balaban J connectivity index is 1.60. The van der Waals surface area contributed by atoms with Crippen LogP contribution in [0.3, 0.4) is 0 Å². The molecule has 33 heavy (non-hydrogen) atoms. The van der Waals surface area contributed by atoms with Crippen molar-refractivity contribution in [3.8, 4) is 17.1 Å². The number of hydrogen-bond acceptors (Lipinski definition) is 4. The molecule has 0 radical (unpaired) electrons. The predicted molar refractivity (Wildman–Crippen MR) is 112 cm³/mol. The fraction of sp³-hybridized carbons (Fsp3) is 0.0455. The van der Waals surface area contributed by atoms with Gasteiger partial charge in [-0.25, -0.2) is 22.0 Å². The zero-order valence-electron chi connectivity index (χ0n) is 16.5. The van der Waals surface area contributed by atoms with Crippen LogP contribution in [0.1, 0.15) is 0 Å². The number of carbonyl (C=O) groups is 1. The lowest BCUT2D eigenvalue weighted by molar-refractivity contribution is -0.113. The van der Waals surface area contributed by atoms with Crippen LogP contribution in [0.4, 0.5) is 27.6 Å². The monoisotopic (exact) mass is 476 g/mol. The molecule has 3 aromatic carbocycles. The highest BCUT2D eigenvalue weighted by molar-refractivity contribution is 7.99. The van der Waals surface area contributed by atoms with Gasteiger partial charge >= 0.3 is 0 Å². The Kier molecular flexibility index (Phi) is 6.40. The number of aromatic nitrogens is 3. The number of nitrogens with zero attached hydrogens (tertiary/aromatic N) is 3. The predicted octanol–water partition coefficient (Wildman–Crippen LogP) is 5.36. The SMILES string of the molecule is O=C(CSc1nnc(-c2ccc(F)cc2)n1-c1ccc(F)cc1)Nc1ccc(F)c(F)c1F. The van der Waals surface area contributed by atoms with Crippen molar-refractivity contribution < 1.29 is 26.7 Å². The van der Waals surface area contributed by atoms with Crippen molar-refractivity contribution in [3.05, 3.63) is 89.7 Å². The van der Waals surface area contributed by atoms with Crippen LogP contribution in [0.15, 0.2) is 65.8 Å². The summed E-state index contributed by atoms with van der Waals surface area (Å²) in [4.78, 5) is 12.3. The van der Waals surface area contributed by atoms with Crippen LogP contribution in [0.2, 0.25) is 0 Å². The summed E-state index contributed by atoms with van der Waals surface area (Å²) in [6, 6.07) is 12.5. The van der Waals surface area contributed by atoms with Crippen LogP contribution in [0, 0.1) is 29.1 Å². The Labute approximate surface area is 188 Å². The highest BCUT2D eigenvalue weighted by atomic mass is 32.2. The zero-order valence-corrected chi connectivity index (χ0v) is 17.3. The summed E-state index contributed by atoms with van der Waals surface area (Å²) < 4.78 is 68.5. The first kappa shape index (κ1) is 22.5. The van der Waals surface area contributed by atoms with E-state index in [9.17, 15) is 26.7 Å². The molecule has 4 aromatic rings. The van der Waals surface area contributed by atoms with E-state index < -0.39 is 40.7 Å². The molecular formula is C22H13F5N4OS. The highest BCUT2D eigenvalue weighted by Gasteiger charge is 2.19. The molecule has 0 spiro atoms. The summed E-state index contributed by atoms with van der Waals surface area (Å²) in [5.41, 5.74) is 0.496. The van der Waals surface area contributed by atoms with Crippen LogP contribution in [-0.2, 0) is 4.79 Å². The molecule has 0 fully saturated rings. The minimum Gasteiger partial charge on any atom is -0.323 e. The molecule has 1 N–H and O–H groups in total. The molecular weight excluding hydrogens is 463 g/mol. The molecule has 11 heteroatoms. The van der Waals surface area contributed by atoms with Gasteiger partial charge in [-0.3, -0.25) is 9.36 Å². The second kappa shape index (κ2) is 9.41. The number of nitrogens with one attached hydrogen (secondary N) is 1. The zero-order chi connectivity index (χ0) is 23.5. The van der Waals surface area contributed by atoms with Gasteiger partial charge in [0.15, 0.2) is 28.4 Å². The number of hydrogen-bond donors (Lipinski definition) is 1. The lowest BCUT2D eigenvalue weighted by Gasteiger charge is -2.11. The smallest absolute Gasteiger partial charge is 0.234 e. The Hall–Kier alpha value is -3.73. The molecule has 0 aliphatic carbocycles. The van der Waals surface area contributed by atoms with Gasteiger partial charge in [-0.15, -0.1) is 10.2 Å². The summed E-state index contributed by atoms with van der Waals surface area (Å²) in [6.45, 7) is 0. The van der Waals surface area contributed by atoms with Gasteiger partial charge in [0.1, 0.15) is 11.6 Å². The van der Waals surface area contributed by atoms with E-state index in [1.807, 2.05) is 0 Å². The first-order valence-electron chi connectivity index (χ1n) is 9.37. The first-order chi connectivity index (χ1) is 15.8. The van der Waals surface area contributed by atoms with E-state index in [2.05, 4.69) is 15.5 Å². The van der Waals surface area contributed by atoms with Gasteiger partial charge in [-0.05, 0) is 60.7 Å². The van der Waals surface area contributed by atoms with Crippen LogP contribution in [-0.4, -0.2) is 26.4 Å². The van der Waals surface area contributed by atoms with Gasteiger partial charge in [0.05, 0.1) is 11.4 Å². The minimum atomic E-state index is -1.69. The molecule has 0 saturated heterocycles. The standard InChI is InChI=1S/C22H13F5N4OS/c23-13-3-1-12(2-4-13)21-29-30-22(31(21)15-7-5-14(24)6-8-15)33-11-18(32)28-17-10-9-16(25)19(26)20(17)27/h1-10H,11H2,(H,28,32). The molecule has 0 bridgehead atoms. The molecule has 4 rings (SSSR count). The molecule has 1 aromatic heterocycles. The average molecular weight is 476 g/mol. The molecule has 0 unspecified atom stereocenters. The number of rotatable bonds is 6. The average Bonchev–Trinajstić information content (AvgIpc) is 3.23. The van der Waals surface area contributed by atoms with Crippen LogP contribution in [0.25, 0.3) is 17.1 Å². The lowest BCUT2D eigenvalue weighted by atomic mass is 10.2. The Morgan fingerprint density at radius 1 is 0.818 bits per heavy atom. The molecule has 0 aliphatic heterocycles. The van der Waals surface area contributed by atoms with E-state index >= 15 is 0 Å². The largest absolute Gasteiger partial charge is 0.323 e. The Morgan fingerprint density at radius 3 is 2.12 bits per heavy atom. The van der Waals surface area contributed by atoms with Crippen molar-refractivity contribution in [3.63, 3.8) is 0 Å². The fourth-order valence-corrected chi connectivity index (χ4v) is 3.66. The first-order valence-corrected chi connectivity index (χ1v) is 10.4. The minimum absolute atomic E-state index is 0.238. The molecule has 1 heterocycles. The third-order valence-electron chi connectivity index (χ3n) is 4.46. The maximum absolute atomic E-state index is 13.8. The number of amides is 1. The van der Waals surface area contributed by atoms with E-state index in [0.29, 0.717) is 23.1 Å². The Morgan fingerprint density at radius 2 is 1.45 bits per heavy atom. The summed E-state index contributed by atoms with van der Waals surface area (Å²) >= 11 is 0.925. The third kappa shape index (κ3) is 4.87. The summed E-state index contributed by atoms with van der Waals surface area (Å²) in [5.74, 6) is -6.15. The number of anilines is 1. The van der Waals surface area contributed by atoms with Crippen molar-refractivity contribution in [2.24, 2.45) is 0 Å². The molecule has 0 saturated carbocycles. The van der Waals surface area contributed by atoms with Crippen molar-refractivity contribution in [1.29, 1.82) is 0 Å². The van der Waals surface area contributed by atoms with Gasteiger partial charge in [-0.1, -0.05) is 11.8 Å². The van der Waals surface area contributed by atoms with Crippen molar-refractivity contribution >= 4 is 23.4 Å². The van der Waals surface area contributed by atoms with Gasteiger partial charge in [-0.2, -0.15) is 0 Å². The summed E-state index contributed by atoms with van der Waals surface area (Å²) in [6.07, 6.45) is 0. The van der Waals surface area contributed by atoms with Crippen molar-refractivity contribution in [1.82, 2.24) is 14.8 Å². The Bertz CT molecular complexity index is 1310.